The second-order valence-electron chi connectivity index (χ2n) is 5.70. The third-order valence-electron chi connectivity index (χ3n) is 3.23. The van der Waals surface area contributed by atoms with Gasteiger partial charge in [0.15, 0.2) is 5.69 Å². The zero-order valence-corrected chi connectivity index (χ0v) is 13.0. The molecule has 1 aromatic heterocycles. The smallest absolute Gasteiger partial charge is 0.335 e. The number of aromatic carboxylic acids is 1. The minimum absolute atomic E-state index is 0.187. The first-order chi connectivity index (χ1) is 10.9. The van der Waals surface area contributed by atoms with Crippen LogP contribution in [-0.4, -0.2) is 20.9 Å². The zero-order chi connectivity index (χ0) is 17.0. The van der Waals surface area contributed by atoms with Crippen molar-refractivity contribution in [1.29, 1.82) is 0 Å². The monoisotopic (exact) mass is 323 g/mol. The fraction of sp³-hybridized carbons (Fsp3) is 0.375. The molecule has 0 aliphatic heterocycles. The van der Waals surface area contributed by atoms with E-state index in [2.05, 4.69) is 10.4 Å². The van der Waals surface area contributed by atoms with Crippen molar-refractivity contribution in [3.8, 4) is 0 Å². The molecule has 5 nitrogen and oxygen atoms in total. The van der Waals surface area contributed by atoms with Crippen molar-refractivity contribution in [2.45, 2.75) is 33.4 Å². The van der Waals surface area contributed by atoms with Crippen LogP contribution in [0, 0.1) is 5.92 Å². The van der Waals surface area contributed by atoms with Gasteiger partial charge in [0.1, 0.15) is 0 Å². The molecule has 2 aromatic rings. The van der Waals surface area contributed by atoms with Gasteiger partial charge in [0, 0.05) is 19.3 Å². The summed E-state index contributed by atoms with van der Waals surface area (Å²) >= 11 is 0. The summed E-state index contributed by atoms with van der Waals surface area (Å²) in [5, 5.41) is 15.7. The lowest BCUT2D eigenvalue weighted by Gasteiger charge is -2.06. The highest BCUT2D eigenvalue weighted by Gasteiger charge is 2.18. The van der Waals surface area contributed by atoms with Crippen LogP contribution >= 0.6 is 0 Å². The molecule has 0 saturated carbocycles. The largest absolute Gasteiger partial charge is 0.478 e. The first kappa shape index (κ1) is 16.9. The number of benzene rings is 1. The highest BCUT2D eigenvalue weighted by molar-refractivity contribution is 5.87. The number of anilines is 1. The van der Waals surface area contributed by atoms with E-state index in [1.165, 1.54) is 16.8 Å². The van der Waals surface area contributed by atoms with E-state index in [4.69, 9.17) is 5.11 Å². The van der Waals surface area contributed by atoms with E-state index in [-0.39, 0.29) is 11.3 Å². The summed E-state index contributed by atoms with van der Waals surface area (Å²) < 4.78 is 27.6. The molecular weight excluding hydrogens is 304 g/mol. The molecule has 0 fully saturated rings. The topological polar surface area (TPSA) is 67.2 Å². The number of alkyl halides is 2. The van der Waals surface area contributed by atoms with Crippen molar-refractivity contribution in [3.05, 3.63) is 47.3 Å². The van der Waals surface area contributed by atoms with Crippen LogP contribution in [0.2, 0.25) is 0 Å². The molecule has 0 atom stereocenters. The van der Waals surface area contributed by atoms with Crippen LogP contribution in [0.25, 0.3) is 0 Å². The minimum atomic E-state index is -2.65. The summed E-state index contributed by atoms with van der Waals surface area (Å²) in [7, 11) is 0. The predicted octanol–water partition coefficient (Wildman–Crippen LogP) is 3.79. The van der Waals surface area contributed by atoms with Gasteiger partial charge in [-0.05, 0) is 23.6 Å². The summed E-state index contributed by atoms with van der Waals surface area (Å²) in [6.45, 7) is 4.85. The molecule has 1 aromatic carbocycles. The van der Waals surface area contributed by atoms with Crippen LogP contribution in [-0.2, 0) is 13.1 Å². The van der Waals surface area contributed by atoms with Gasteiger partial charge in [0.2, 0.25) is 0 Å². The van der Waals surface area contributed by atoms with E-state index >= 15 is 0 Å². The van der Waals surface area contributed by atoms with Crippen LogP contribution in [0.3, 0.4) is 0 Å². The summed E-state index contributed by atoms with van der Waals surface area (Å²) in [4.78, 5) is 10.8. The molecule has 7 heteroatoms. The molecule has 0 bridgehead atoms. The Balaban J connectivity index is 2.09. The van der Waals surface area contributed by atoms with Crippen molar-refractivity contribution in [2.75, 3.05) is 5.32 Å². The Hall–Kier alpha value is -2.44. The van der Waals surface area contributed by atoms with Gasteiger partial charge in [0.05, 0.1) is 11.3 Å². The van der Waals surface area contributed by atoms with Gasteiger partial charge >= 0.3 is 5.97 Å². The first-order valence-electron chi connectivity index (χ1n) is 7.28. The van der Waals surface area contributed by atoms with E-state index in [1.807, 2.05) is 13.8 Å². The normalized spacial score (nSPS) is 11.2. The highest BCUT2D eigenvalue weighted by Crippen LogP contribution is 2.26. The SMILES string of the molecule is CC(C)Cn1cc(NCc2ccc(C(=O)O)cc2)c(C(F)F)n1. The number of rotatable bonds is 7. The van der Waals surface area contributed by atoms with Crippen LogP contribution < -0.4 is 5.32 Å². The fourth-order valence-corrected chi connectivity index (χ4v) is 2.16. The van der Waals surface area contributed by atoms with Gasteiger partial charge in [-0.15, -0.1) is 0 Å². The maximum absolute atomic E-state index is 13.1. The predicted molar refractivity (Wildman–Crippen MR) is 82.8 cm³/mol. The van der Waals surface area contributed by atoms with Crippen LogP contribution in [0.1, 0.15) is 41.9 Å². The zero-order valence-electron chi connectivity index (χ0n) is 13.0. The number of nitrogens with one attached hydrogen (secondary N) is 1. The van der Waals surface area contributed by atoms with Crippen molar-refractivity contribution >= 4 is 11.7 Å². The highest BCUT2D eigenvalue weighted by atomic mass is 19.3. The number of hydrogen-bond acceptors (Lipinski definition) is 3. The number of hydrogen-bond donors (Lipinski definition) is 2. The maximum atomic E-state index is 13.1. The number of halogens is 2. The lowest BCUT2D eigenvalue weighted by Crippen LogP contribution is -2.05. The molecule has 0 amide bonds. The van der Waals surface area contributed by atoms with E-state index in [0.717, 1.165) is 5.56 Å². The molecule has 0 aliphatic rings. The summed E-state index contributed by atoms with van der Waals surface area (Å²) in [6, 6.07) is 6.26. The number of carboxylic acids is 1. The van der Waals surface area contributed by atoms with Crippen molar-refractivity contribution in [3.63, 3.8) is 0 Å². The molecule has 124 valence electrons. The Kier molecular flexibility index (Phi) is 5.31. The Labute approximate surface area is 132 Å². The Bertz CT molecular complexity index is 666. The lowest BCUT2D eigenvalue weighted by atomic mass is 10.1. The lowest BCUT2D eigenvalue weighted by molar-refractivity contribution is 0.0697. The molecule has 0 unspecified atom stereocenters. The van der Waals surface area contributed by atoms with E-state index in [9.17, 15) is 13.6 Å². The summed E-state index contributed by atoms with van der Waals surface area (Å²) in [5.74, 6) is -0.698. The van der Waals surface area contributed by atoms with Crippen LogP contribution in [0.4, 0.5) is 14.5 Å². The van der Waals surface area contributed by atoms with Crippen molar-refractivity contribution in [1.82, 2.24) is 9.78 Å². The van der Waals surface area contributed by atoms with E-state index < -0.39 is 12.4 Å². The quantitative estimate of drug-likeness (QED) is 0.813. The van der Waals surface area contributed by atoms with Gasteiger partial charge in [0.25, 0.3) is 6.43 Å². The van der Waals surface area contributed by atoms with E-state index in [1.54, 1.807) is 18.3 Å². The van der Waals surface area contributed by atoms with Crippen molar-refractivity contribution in [2.24, 2.45) is 5.92 Å². The van der Waals surface area contributed by atoms with Crippen LogP contribution in [0.5, 0.6) is 0 Å². The summed E-state index contributed by atoms with van der Waals surface area (Å²) in [5.41, 5.74) is 1.01. The number of carbonyl (C=O) groups is 1. The van der Waals surface area contributed by atoms with Gasteiger partial charge in [-0.25, -0.2) is 13.6 Å². The van der Waals surface area contributed by atoms with Gasteiger partial charge in [-0.3, -0.25) is 4.68 Å². The summed E-state index contributed by atoms with van der Waals surface area (Å²) in [6.07, 6.45) is -1.08. The maximum Gasteiger partial charge on any atom is 0.335 e. The standard InChI is InChI=1S/C16H19F2N3O2/c1-10(2)8-21-9-13(14(20-21)15(17)18)19-7-11-3-5-12(6-4-11)16(22)23/h3-6,9-10,15,19H,7-8H2,1-2H3,(H,22,23). The molecular formula is C16H19F2N3O2. The van der Waals surface area contributed by atoms with Crippen LogP contribution in [0.15, 0.2) is 30.5 Å². The molecule has 0 radical (unpaired) electrons. The molecule has 2 N–H and O–H groups in total. The third-order valence-corrected chi connectivity index (χ3v) is 3.23. The molecule has 0 saturated heterocycles. The molecule has 23 heavy (non-hydrogen) atoms. The molecule has 0 aliphatic carbocycles. The molecule has 0 spiro atoms. The number of carboxylic acid groups (broad SMARTS) is 1. The van der Waals surface area contributed by atoms with Crippen molar-refractivity contribution < 1.29 is 18.7 Å². The van der Waals surface area contributed by atoms with Gasteiger partial charge < -0.3 is 10.4 Å². The second-order valence-corrected chi connectivity index (χ2v) is 5.70. The number of nitrogens with zero attached hydrogens (tertiary/aromatic N) is 2. The molecule has 1 heterocycles. The average molecular weight is 323 g/mol. The minimum Gasteiger partial charge on any atom is -0.478 e. The molecule has 2 rings (SSSR count). The van der Waals surface area contributed by atoms with E-state index in [0.29, 0.717) is 24.7 Å². The Morgan fingerprint density at radius 1 is 1.30 bits per heavy atom. The third kappa shape index (κ3) is 4.51. The number of aromatic nitrogens is 2. The Morgan fingerprint density at radius 2 is 1.96 bits per heavy atom. The van der Waals surface area contributed by atoms with Gasteiger partial charge in [-0.1, -0.05) is 26.0 Å². The Morgan fingerprint density at radius 3 is 2.48 bits per heavy atom. The average Bonchev–Trinajstić information content (AvgIpc) is 2.87. The first-order valence-corrected chi connectivity index (χ1v) is 7.28. The van der Waals surface area contributed by atoms with Gasteiger partial charge in [-0.2, -0.15) is 5.10 Å². The second kappa shape index (κ2) is 7.21. The fourth-order valence-electron chi connectivity index (χ4n) is 2.16.